The van der Waals surface area contributed by atoms with E-state index in [0.717, 1.165) is 0 Å². The molecule has 2 unspecified atom stereocenters. The minimum absolute atomic E-state index is 0. The third kappa shape index (κ3) is 6.32. The Bertz CT molecular complexity index is 132. The van der Waals surface area contributed by atoms with Gasteiger partial charge in [0.15, 0.2) is 0 Å². The average molecular weight is 203 g/mol. The molecule has 66 valence electrons. The first-order valence-corrected chi connectivity index (χ1v) is 2.98. The predicted octanol–water partition coefficient (Wildman–Crippen LogP) is -4.76. The summed E-state index contributed by atoms with van der Waals surface area (Å²) in [4.78, 5) is 13.7. The summed E-state index contributed by atoms with van der Waals surface area (Å²) >= 11 is 0. The van der Waals surface area contributed by atoms with E-state index < -0.39 is 18.6 Å². The first kappa shape index (κ1) is 15.3. The van der Waals surface area contributed by atoms with Crippen molar-refractivity contribution < 1.29 is 76.3 Å². The van der Waals surface area contributed by atoms with Crippen molar-refractivity contribution in [2.45, 2.75) is 26.3 Å². The van der Waals surface area contributed by atoms with Gasteiger partial charge in [0.1, 0.15) is 12.5 Å². The Hall–Kier alpha value is 0.786. The molecule has 0 aliphatic carbocycles. The molecule has 0 amide bonds. The number of carboxylic acid groups (broad SMARTS) is 1. The summed E-state index contributed by atoms with van der Waals surface area (Å²) in [5.74, 6) is 0. The van der Waals surface area contributed by atoms with Gasteiger partial charge in [0.25, 0.3) is 6.16 Å². The largest absolute Gasteiger partial charge is 1.00 e. The van der Waals surface area contributed by atoms with Gasteiger partial charge in [0.05, 0.1) is 0 Å². The van der Waals surface area contributed by atoms with E-state index in [9.17, 15) is 9.90 Å². The van der Waals surface area contributed by atoms with Gasteiger partial charge >= 0.3 is 51.4 Å². The van der Waals surface area contributed by atoms with Crippen molar-refractivity contribution in [1.29, 1.82) is 0 Å². The summed E-state index contributed by atoms with van der Waals surface area (Å²) in [6.45, 7) is 2.49. The third-order valence-electron chi connectivity index (χ3n) is 0.917. The number of aliphatic hydroxyl groups is 2. The van der Waals surface area contributed by atoms with Crippen LogP contribution in [0.4, 0.5) is 4.79 Å². The minimum Gasteiger partial charge on any atom is -0.461 e. The number of aliphatic hydroxyl groups excluding tert-OH is 2. The number of carbonyl (C=O) groups excluding carboxylic acids is 1. The van der Waals surface area contributed by atoms with Crippen LogP contribution in [0.25, 0.3) is 0 Å². The molecule has 0 saturated carbocycles. The molecule has 0 aromatic rings. The number of hydrogen-bond acceptors (Lipinski definition) is 6. The summed E-state index contributed by atoms with van der Waals surface area (Å²) in [6, 6.07) is 0. The molecule has 0 rings (SSSR count). The fourth-order valence-corrected chi connectivity index (χ4v) is 0.551. The molecule has 0 bridgehead atoms. The van der Waals surface area contributed by atoms with E-state index in [2.05, 4.69) is 4.84 Å². The van der Waals surface area contributed by atoms with Crippen molar-refractivity contribution in [3.63, 3.8) is 0 Å². The maximum absolute atomic E-state index is 9.82. The van der Waals surface area contributed by atoms with E-state index in [1.807, 2.05) is 0 Å². The molecule has 0 aromatic heterocycles. The van der Waals surface area contributed by atoms with Gasteiger partial charge in [-0.15, -0.1) is 0 Å². The molecule has 0 heterocycles. The van der Waals surface area contributed by atoms with Crippen LogP contribution in [-0.4, -0.2) is 33.9 Å². The number of nitrogens with zero attached hydrogens (tertiary/aromatic N) is 1. The molecule has 6 nitrogen and oxygen atoms in total. The van der Waals surface area contributed by atoms with Crippen LogP contribution in [0.3, 0.4) is 0 Å². The molecule has 0 radical (unpaired) electrons. The normalized spacial score (nSPS) is 14.8. The van der Waals surface area contributed by atoms with Crippen LogP contribution >= 0.6 is 0 Å². The Balaban J connectivity index is 0. The summed E-state index contributed by atoms with van der Waals surface area (Å²) in [6.07, 6.45) is -4.26. The Morgan fingerprint density at radius 3 is 1.83 bits per heavy atom. The molecular weight excluding hydrogens is 193 g/mol. The van der Waals surface area contributed by atoms with Crippen LogP contribution in [0.5, 0.6) is 0 Å². The van der Waals surface area contributed by atoms with E-state index in [1.54, 1.807) is 0 Å². The molecule has 0 saturated heterocycles. The average Bonchev–Trinajstić information content (AvgIpc) is 1.81. The Kier molecular flexibility index (Phi) is 9.18. The standard InChI is InChI=1S/C5H11NO5.K/c1-3(7)6(4(2)8)11-5(9)10;/h3-4,7-8H,1-2H3,(H,9,10);/q;+1/p-1. The summed E-state index contributed by atoms with van der Waals surface area (Å²) in [5.41, 5.74) is 0. The minimum atomic E-state index is -1.83. The number of hydroxylamine groups is 2. The summed E-state index contributed by atoms with van der Waals surface area (Å²) in [5, 5.41) is 27.9. The maximum Gasteiger partial charge on any atom is 1.00 e. The topological polar surface area (TPSA) is 93.1 Å². The van der Waals surface area contributed by atoms with Crippen LogP contribution in [0.15, 0.2) is 0 Å². The number of rotatable bonds is 3. The third-order valence-corrected chi connectivity index (χ3v) is 0.917. The molecule has 0 fully saturated rings. The Labute approximate surface area is 112 Å². The Morgan fingerprint density at radius 2 is 1.75 bits per heavy atom. The van der Waals surface area contributed by atoms with Gasteiger partial charge in [-0.1, -0.05) is 0 Å². The molecule has 7 heteroatoms. The van der Waals surface area contributed by atoms with Gasteiger partial charge in [0, 0.05) is 0 Å². The van der Waals surface area contributed by atoms with Crippen molar-refractivity contribution in [3.05, 3.63) is 0 Å². The van der Waals surface area contributed by atoms with Crippen LogP contribution in [0, 0.1) is 0 Å². The van der Waals surface area contributed by atoms with E-state index >= 15 is 0 Å². The zero-order chi connectivity index (χ0) is 9.02. The van der Waals surface area contributed by atoms with Crippen LogP contribution in [-0.2, 0) is 4.84 Å². The van der Waals surface area contributed by atoms with E-state index in [0.29, 0.717) is 5.06 Å². The van der Waals surface area contributed by atoms with Crippen molar-refractivity contribution in [2.75, 3.05) is 0 Å². The summed E-state index contributed by atoms with van der Waals surface area (Å²) in [7, 11) is 0. The molecule has 2 atom stereocenters. The van der Waals surface area contributed by atoms with Crippen molar-refractivity contribution in [3.8, 4) is 0 Å². The predicted molar refractivity (Wildman–Crippen MR) is 31.7 cm³/mol. The first-order valence-electron chi connectivity index (χ1n) is 2.98. The van der Waals surface area contributed by atoms with Crippen molar-refractivity contribution >= 4 is 6.16 Å². The quantitative estimate of drug-likeness (QED) is 0.272. The second kappa shape index (κ2) is 7.21. The molecule has 0 aliphatic heterocycles. The SMILES string of the molecule is CC(O)N(OC(=O)[O-])C(C)O.[K+]. The van der Waals surface area contributed by atoms with Crippen molar-refractivity contribution in [2.24, 2.45) is 0 Å². The van der Waals surface area contributed by atoms with E-state index in [-0.39, 0.29) is 51.4 Å². The molecule has 0 spiro atoms. The summed E-state index contributed by atoms with van der Waals surface area (Å²) < 4.78 is 0. The van der Waals surface area contributed by atoms with Gasteiger partial charge in [-0.3, -0.25) is 0 Å². The van der Waals surface area contributed by atoms with Gasteiger partial charge in [0.2, 0.25) is 0 Å². The van der Waals surface area contributed by atoms with Crippen LogP contribution in [0.2, 0.25) is 0 Å². The molecule has 0 aromatic carbocycles. The molecule has 2 N–H and O–H groups in total. The Morgan fingerprint density at radius 1 is 1.42 bits per heavy atom. The zero-order valence-electron chi connectivity index (χ0n) is 7.22. The van der Waals surface area contributed by atoms with Gasteiger partial charge < -0.3 is 25.0 Å². The van der Waals surface area contributed by atoms with E-state index in [4.69, 9.17) is 10.2 Å². The second-order valence-electron chi connectivity index (χ2n) is 1.96. The fourth-order valence-electron chi connectivity index (χ4n) is 0.551. The molecule has 12 heavy (non-hydrogen) atoms. The number of hydrogen-bond donors (Lipinski definition) is 2. The fraction of sp³-hybridized carbons (Fsp3) is 0.800. The van der Waals surface area contributed by atoms with E-state index in [1.165, 1.54) is 13.8 Å². The molecule has 0 aliphatic rings. The van der Waals surface area contributed by atoms with Gasteiger partial charge in [-0.2, -0.15) is 5.06 Å². The number of carbonyl (C=O) groups is 1. The van der Waals surface area contributed by atoms with Crippen LogP contribution in [0.1, 0.15) is 13.8 Å². The zero-order valence-corrected chi connectivity index (χ0v) is 10.3. The van der Waals surface area contributed by atoms with Gasteiger partial charge in [-0.05, 0) is 13.8 Å². The molecular formula is C5H10KNO5. The monoisotopic (exact) mass is 203 g/mol. The second-order valence-corrected chi connectivity index (χ2v) is 1.96. The van der Waals surface area contributed by atoms with Crippen molar-refractivity contribution in [1.82, 2.24) is 5.06 Å². The van der Waals surface area contributed by atoms with Crippen LogP contribution < -0.4 is 56.5 Å². The van der Waals surface area contributed by atoms with Gasteiger partial charge in [-0.25, -0.2) is 0 Å². The first-order chi connectivity index (χ1) is 4.95. The maximum atomic E-state index is 9.82. The smallest absolute Gasteiger partial charge is 0.461 e.